The molecule has 2 aromatic rings. The lowest BCUT2D eigenvalue weighted by atomic mass is 10.1. The van der Waals surface area contributed by atoms with Gasteiger partial charge in [0.05, 0.1) is 6.54 Å². The van der Waals surface area contributed by atoms with Crippen molar-refractivity contribution in [2.24, 2.45) is 4.99 Å². The van der Waals surface area contributed by atoms with E-state index in [1.54, 1.807) is 7.11 Å². The number of benzene rings is 1. The SMILES string of the molecule is CCNC(=NCC(=O)Nc1ccccc1)NC1CCc2nc(COC)nn2C1.I. The Morgan fingerprint density at radius 2 is 2.14 bits per heavy atom. The number of aromatic nitrogens is 3. The first-order valence-corrected chi connectivity index (χ1v) is 9.49. The van der Waals surface area contributed by atoms with E-state index in [9.17, 15) is 4.79 Å². The van der Waals surface area contributed by atoms with Crippen LogP contribution in [0.4, 0.5) is 5.69 Å². The van der Waals surface area contributed by atoms with E-state index < -0.39 is 0 Å². The molecule has 158 valence electrons. The molecule has 0 bridgehead atoms. The van der Waals surface area contributed by atoms with Gasteiger partial charge >= 0.3 is 0 Å². The number of para-hydroxylation sites is 1. The summed E-state index contributed by atoms with van der Waals surface area (Å²) in [4.78, 5) is 21.0. The highest BCUT2D eigenvalue weighted by atomic mass is 127. The van der Waals surface area contributed by atoms with Crippen LogP contribution < -0.4 is 16.0 Å². The van der Waals surface area contributed by atoms with Crippen molar-refractivity contribution in [3.05, 3.63) is 42.0 Å². The van der Waals surface area contributed by atoms with Crippen molar-refractivity contribution in [1.82, 2.24) is 25.4 Å². The number of anilines is 1. The summed E-state index contributed by atoms with van der Waals surface area (Å²) in [5, 5.41) is 13.9. The molecule has 1 aromatic carbocycles. The maximum absolute atomic E-state index is 12.1. The summed E-state index contributed by atoms with van der Waals surface area (Å²) in [6.45, 7) is 3.87. The molecule has 1 amide bonds. The van der Waals surface area contributed by atoms with E-state index in [1.165, 1.54) is 0 Å². The fraction of sp³-hybridized carbons (Fsp3) is 0.474. The first kappa shape index (κ1) is 23.1. The van der Waals surface area contributed by atoms with Gasteiger partial charge in [0.15, 0.2) is 11.8 Å². The van der Waals surface area contributed by atoms with Crippen molar-refractivity contribution in [3.8, 4) is 0 Å². The summed E-state index contributed by atoms with van der Waals surface area (Å²) in [5.74, 6) is 2.15. The molecule has 1 aliphatic heterocycles. The van der Waals surface area contributed by atoms with Crippen molar-refractivity contribution in [1.29, 1.82) is 0 Å². The molecule has 9 nitrogen and oxygen atoms in total. The van der Waals surface area contributed by atoms with Crippen LogP contribution in [0.25, 0.3) is 0 Å². The zero-order valence-electron chi connectivity index (χ0n) is 16.7. The Morgan fingerprint density at radius 1 is 1.34 bits per heavy atom. The topological polar surface area (TPSA) is 105 Å². The maximum atomic E-state index is 12.1. The third-order valence-corrected chi connectivity index (χ3v) is 4.30. The summed E-state index contributed by atoms with van der Waals surface area (Å²) in [6, 6.07) is 9.53. The highest BCUT2D eigenvalue weighted by Gasteiger charge is 2.22. The molecule has 0 aliphatic carbocycles. The Bertz CT molecular complexity index is 810. The number of ether oxygens (including phenoxy) is 1. The molecule has 0 fully saturated rings. The average Bonchev–Trinajstić information content (AvgIpc) is 3.09. The van der Waals surface area contributed by atoms with Crippen LogP contribution in [0.3, 0.4) is 0 Å². The smallest absolute Gasteiger partial charge is 0.246 e. The van der Waals surface area contributed by atoms with E-state index in [1.807, 2.05) is 41.9 Å². The molecule has 1 atom stereocenters. The second-order valence-corrected chi connectivity index (χ2v) is 6.55. The van der Waals surface area contributed by atoms with E-state index in [0.29, 0.717) is 31.5 Å². The quantitative estimate of drug-likeness (QED) is 0.295. The number of halogens is 1. The van der Waals surface area contributed by atoms with Crippen molar-refractivity contribution < 1.29 is 9.53 Å². The van der Waals surface area contributed by atoms with Gasteiger partial charge in [-0.2, -0.15) is 5.10 Å². The van der Waals surface area contributed by atoms with Gasteiger partial charge in [0.25, 0.3) is 0 Å². The molecule has 0 radical (unpaired) electrons. The summed E-state index contributed by atoms with van der Waals surface area (Å²) in [6.07, 6.45) is 1.76. The lowest BCUT2D eigenvalue weighted by Crippen LogP contribution is -2.47. The second-order valence-electron chi connectivity index (χ2n) is 6.55. The predicted molar refractivity (Wildman–Crippen MR) is 122 cm³/mol. The number of rotatable bonds is 7. The van der Waals surface area contributed by atoms with Crippen LogP contribution in [0.2, 0.25) is 0 Å². The largest absolute Gasteiger partial charge is 0.377 e. The Kier molecular flexibility index (Phi) is 9.32. The minimum absolute atomic E-state index is 0. The normalized spacial score (nSPS) is 15.8. The summed E-state index contributed by atoms with van der Waals surface area (Å²) >= 11 is 0. The zero-order valence-corrected chi connectivity index (χ0v) is 19.1. The molecule has 29 heavy (non-hydrogen) atoms. The van der Waals surface area contributed by atoms with Gasteiger partial charge in [0.1, 0.15) is 19.0 Å². The van der Waals surface area contributed by atoms with E-state index in [2.05, 4.69) is 31.0 Å². The summed E-state index contributed by atoms with van der Waals surface area (Å²) in [7, 11) is 1.64. The number of hydrogen-bond donors (Lipinski definition) is 3. The first-order valence-electron chi connectivity index (χ1n) is 9.49. The van der Waals surface area contributed by atoms with Crippen LogP contribution in [0.15, 0.2) is 35.3 Å². The van der Waals surface area contributed by atoms with Gasteiger partial charge in [-0.15, -0.1) is 24.0 Å². The first-order chi connectivity index (χ1) is 13.7. The number of methoxy groups -OCH3 is 1. The molecule has 1 aliphatic rings. The number of nitrogens with one attached hydrogen (secondary N) is 3. The van der Waals surface area contributed by atoms with Crippen LogP contribution in [0.1, 0.15) is 25.0 Å². The Labute approximate surface area is 187 Å². The van der Waals surface area contributed by atoms with Crippen LogP contribution in [-0.4, -0.2) is 52.9 Å². The van der Waals surface area contributed by atoms with E-state index in [4.69, 9.17) is 4.74 Å². The zero-order chi connectivity index (χ0) is 19.8. The van der Waals surface area contributed by atoms with Crippen LogP contribution in [-0.2, 0) is 29.1 Å². The molecular weight excluding hydrogens is 485 g/mol. The lowest BCUT2D eigenvalue weighted by Gasteiger charge is -2.25. The lowest BCUT2D eigenvalue weighted by molar-refractivity contribution is -0.114. The third kappa shape index (κ3) is 6.96. The number of carbonyl (C=O) groups excluding carboxylic acids is 1. The molecule has 0 saturated heterocycles. The molecule has 0 spiro atoms. The number of carbonyl (C=O) groups is 1. The number of hydrogen-bond acceptors (Lipinski definition) is 5. The van der Waals surface area contributed by atoms with E-state index in [-0.39, 0.29) is 42.5 Å². The monoisotopic (exact) mass is 513 g/mol. The predicted octanol–water partition coefficient (Wildman–Crippen LogP) is 1.55. The molecule has 3 N–H and O–H groups in total. The molecule has 1 aromatic heterocycles. The third-order valence-electron chi connectivity index (χ3n) is 4.30. The highest BCUT2D eigenvalue weighted by Crippen LogP contribution is 2.13. The van der Waals surface area contributed by atoms with Gasteiger partial charge < -0.3 is 20.7 Å². The van der Waals surface area contributed by atoms with Gasteiger partial charge in [-0.1, -0.05) is 18.2 Å². The summed E-state index contributed by atoms with van der Waals surface area (Å²) < 4.78 is 7.02. The molecule has 10 heteroatoms. The van der Waals surface area contributed by atoms with Crippen LogP contribution in [0, 0.1) is 0 Å². The fourth-order valence-electron chi connectivity index (χ4n) is 3.05. The number of fused-ring (bicyclic) bond motifs is 1. The van der Waals surface area contributed by atoms with E-state index >= 15 is 0 Å². The fourth-order valence-corrected chi connectivity index (χ4v) is 3.05. The highest BCUT2D eigenvalue weighted by molar-refractivity contribution is 14.0. The Balaban J connectivity index is 0.00000300. The Morgan fingerprint density at radius 3 is 2.86 bits per heavy atom. The van der Waals surface area contributed by atoms with E-state index in [0.717, 1.165) is 24.4 Å². The second kappa shape index (κ2) is 11.7. The van der Waals surface area contributed by atoms with Crippen LogP contribution >= 0.6 is 24.0 Å². The molecule has 1 unspecified atom stereocenters. The number of nitrogens with zero attached hydrogens (tertiary/aromatic N) is 4. The minimum atomic E-state index is -0.158. The van der Waals surface area contributed by atoms with Crippen molar-refractivity contribution in [2.45, 2.75) is 39.0 Å². The molecule has 3 rings (SSSR count). The van der Waals surface area contributed by atoms with Gasteiger partial charge in [-0.05, 0) is 25.5 Å². The number of aliphatic imine (C=N–C) groups is 1. The molecule has 2 heterocycles. The van der Waals surface area contributed by atoms with Gasteiger partial charge in [-0.3, -0.25) is 4.79 Å². The van der Waals surface area contributed by atoms with Gasteiger partial charge in [0, 0.05) is 31.8 Å². The van der Waals surface area contributed by atoms with Crippen LogP contribution in [0.5, 0.6) is 0 Å². The molecular formula is C19H28IN7O2. The summed E-state index contributed by atoms with van der Waals surface area (Å²) in [5.41, 5.74) is 0.763. The van der Waals surface area contributed by atoms with Crippen molar-refractivity contribution in [2.75, 3.05) is 25.5 Å². The van der Waals surface area contributed by atoms with Gasteiger partial charge in [0.2, 0.25) is 5.91 Å². The molecule has 0 saturated carbocycles. The van der Waals surface area contributed by atoms with Crippen molar-refractivity contribution >= 4 is 41.5 Å². The Hall–Kier alpha value is -2.21. The number of amides is 1. The van der Waals surface area contributed by atoms with Crippen molar-refractivity contribution in [3.63, 3.8) is 0 Å². The standard InChI is InChI=1S/C19H27N7O2.HI/c1-3-20-19(21-11-18(27)22-14-7-5-4-6-8-14)23-15-9-10-17-24-16(13-28-2)25-26(17)12-15;/h4-8,15H,3,9-13H2,1-2H3,(H,22,27)(H2,20,21,23);1H. The minimum Gasteiger partial charge on any atom is -0.377 e. The maximum Gasteiger partial charge on any atom is 0.246 e. The van der Waals surface area contributed by atoms with Gasteiger partial charge in [-0.25, -0.2) is 14.7 Å². The number of guanidine groups is 1. The number of aryl methyl sites for hydroxylation is 1. The average molecular weight is 513 g/mol.